The lowest BCUT2D eigenvalue weighted by Gasteiger charge is -2.23. The Bertz CT molecular complexity index is 69.3. The molecule has 1 radical (unpaired) electrons. The Morgan fingerprint density at radius 3 is 2.89 bits per heavy atom. The third-order valence-corrected chi connectivity index (χ3v) is 1.33. The van der Waals surface area contributed by atoms with Gasteiger partial charge in [0.1, 0.15) is 0 Å². The molecule has 0 spiro atoms. The number of unbranched alkanes of at least 4 members (excludes halogenated alkanes) is 1. The lowest BCUT2D eigenvalue weighted by Crippen LogP contribution is -2.21. The average Bonchev–Trinajstić information content (AvgIpc) is 1.76. The predicted molar refractivity (Wildman–Crippen MR) is 34.7 cm³/mol. The van der Waals surface area contributed by atoms with Crippen molar-refractivity contribution in [1.82, 2.24) is 0 Å². The molecule has 2 nitrogen and oxygen atoms in total. The van der Waals surface area contributed by atoms with E-state index < -0.39 is 0 Å². The van der Waals surface area contributed by atoms with Crippen LogP contribution in [0.25, 0.3) is 0 Å². The molecule has 0 unspecified atom stereocenters. The standard InChI is InChI=1S/C7H13O2/c1-2-3-5-8-7-4-6-9-7/h2-6H2,1H3. The summed E-state index contributed by atoms with van der Waals surface area (Å²) in [5, 5.41) is 0. The van der Waals surface area contributed by atoms with E-state index in [4.69, 9.17) is 9.47 Å². The van der Waals surface area contributed by atoms with Gasteiger partial charge in [-0.2, -0.15) is 0 Å². The summed E-state index contributed by atoms with van der Waals surface area (Å²) in [6, 6.07) is 0. The van der Waals surface area contributed by atoms with E-state index in [2.05, 4.69) is 6.92 Å². The molecule has 0 aromatic heterocycles. The van der Waals surface area contributed by atoms with Crippen molar-refractivity contribution >= 4 is 0 Å². The molecule has 1 heterocycles. The van der Waals surface area contributed by atoms with Crippen molar-refractivity contribution in [2.75, 3.05) is 13.2 Å². The molecular weight excluding hydrogens is 116 g/mol. The molecule has 2 heteroatoms. The van der Waals surface area contributed by atoms with Gasteiger partial charge in [-0.25, -0.2) is 0 Å². The molecule has 53 valence electrons. The third-order valence-electron chi connectivity index (χ3n) is 1.33. The molecule has 0 aromatic carbocycles. The zero-order chi connectivity index (χ0) is 6.53. The highest BCUT2D eigenvalue weighted by Gasteiger charge is 2.19. The van der Waals surface area contributed by atoms with Crippen molar-refractivity contribution in [2.24, 2.45) is 0 Å². The van der Waals surface area contributed by atoms with Crippen LogP contribution in [0.5, 0.6) is 0 Å². The largest absolute Gasteiger partial charge is 0.345 e. The molecule has 1 aliphatic heterocycles. The van der Waals surface area contributed by atoms with Gasteiger partial charge in [0.15, 0.2) is 0 Å². The molecular formula is C7H13O2. The van der Waals surface area contributed by atoms with Gasteiger partial charge in [0, 0.05) is 6.42 Å². The Kier molecular flexibility index (Phi) is 3.01. The highest BCUT2D eigenvalue weighted by molar-refractivity contribution is 4.73. The number of hydrogen-bond acceptors (Lipinski definition) is 2. The molecule has 0 aliphatic carbocycles. The summed E-state index contributed by atoms with van der Waals surface area (Å²) in [6.07, 6.45) is 4.16. The summed E-state index contributed by atoms with van der Waals surface area (Å²) >= 11 is 0. The first kappa shape index (κ1) is 7.03. The maximum Gasteiger partial charge on any atom is 0.226 e. The van der Waals surface area contributed by atoms with Crippen LogP contribution in [0, 0.1) is 6.29 Å². The second kappa shape index (κ2) is 3.85. The molecule has 1 rings (SSSR count). The van der Waals surface area contributed by atoms with Crippen molar-refractivity contribution in [1.29, 1.82) is 0 Å². The Balaban J connectivity index is 1.80. The normalized spacial score (nSPS) is 19.7. The second-order valence-corrected chi connectivity index (χ2v) is 2.17. The van der Waals surface area contributed by atoms with Crippen LogP contribution in [-0.4, -0.2) is 13.2 Å². The summed E-state index contributed by atoms with van der Waals surface area (Å²) in [5.74, 6) is 0. The zero-order valence-corrected chi connectivity index (χ0v) is 5.85. The number of ether oxygens (including phenoxy) is 2. The van der Waals surface area contributed by atoms with Crippen LogP contribution in [0.3, 0.4) is 0 Å². The van der Waals surface area contributed by atoms with Gasteiger partial charge in [0.25, 0.3) is 0 Å². The van der Waals surface area contributed by atoms with Gasteiger partial charge in [0.2, 0.25) is 6.29 Å². The maximum absolute atomic E-state index is 5.21. The fourth-order valence-corrected chi connectivity index (χ4v) is 0.630. The summed E-state index contributed by atoms with van der Waals surface area (Å²) in [7, 11) is 0. The molecule has 0 N–H and O–H groups in total. The first-order chi connectivity index (χ1) is 4.43. The first-order valence-corrected chi connectivity index (χ1v) is 3.55. The minimum absolute atomic E-state index is 0.825. The van der Waals surface area contributed by atoms with Crippen LogP contribution in [-0.2, 0) is 9.47 Å². The fourth-order valence-electron chi connectivity index (χ4n) is 0.630. The van der Waals surface area contributed by atoms with Gasteiger partial charge < -0.3 is 9.47 Å². The van der Waals surface area contributed by atoms with Crippen molar-refractivity contribution in [3.05, 3.63) is 6.29 Å². The Morgan fingerprint density at radius 1 is 1.67 bits per heavy atom. The summed E-state index contributed by atoms with van der Waals surface area (Å²) in [4.78, 5) is 0. The van der Waals surface area contributed by atoms with E-state index in [1.54, 1.807) is 0 Å². The summed E-state index contributed by atoms with van der Waals surface area (Å²) in [5.41, 5.74) is 0. The Labute approximate surface area is 56.2 Å². The van der Waals surface area contributed by atoms with Crippen LogP contribution < -0.4 is 0 Å². The molecule has 0 bridgehead atoms. The van der Waals surface area contributed by atoms with Gasteiger partial charge in [-0.3, -0.25) is 0 Å². The lowest BCUT2D eigenvalue weighted by atomic mass is 10.3. The van der Waals surface area contributed by atoms with Gasteiger partial charge in [-0.15, -0.1) is 0 Å². The van der Waals surface area contributed by atoms with Crippen molar-refractivity contribution in [3.63, 3.8) is 0 Å². The van der Waals surface area contributed by atoms with Gasteiger partial charge >= 0.3 is 0 Å². The molecule has 1 saturated heterocycles. The van der Waals surface area contributed by atoms with Crippen molar-refractivity contribution in [3.8, 4) is 0 Å². The van der Waals surface area contributed by atoms with Crippen LogP contribution in [0.4, 0.5) is 0 Å². The minimum atomic E-state index is 0.825. The van der Waals surface area contributed by atoms with Crippen LogP contribution in [0.2, 0.25) is 0 Å². The monoisotopic (exact) mass is 129 g/mol. The van der Waals surface area contributed by atoms with Crippen LogP contribution >= 0.6 is 0 Å². The Hall–Kier alpha value is -0.0800. The predicted octanol–water partition coefficient (Wildman–Crippen LogP) is 1.71. The van der Waals surface area contributed by atoms with Crippen LogP contribution in [0.15, 0.2) is 0 Å². The Morgan fingerprint density at radius 2 is 2.44 bits per heavy atom. The highest BCUT2D eigenvalue weighted by atomic mass is 16.7. The highest BCUT2D eigenvalue weighted by Crippen LogP contribution is 2.20. The van der Waals surface area contributed by atoms with Crippen molar-refractivity contribution < 1.29 is 9.47 Å². The molecule has 9 heavy (non-hydrogen) atoms. The summed E-state index contributed by atoms with van der Waals surface area (Å²) < 4.78 is 10.2. The topological polar surface area (TPSA) is 18.5 Å². The third kappa shape index (κ3) is 2.33. The van der Waals surface area contributed by atoms with Gasteiger partial charge in [-0.1, -0.05) is 13.3 Å². The van der Waals surface area contributed by atoms with Gasteiger partial charge in [-0.05, 0) is 6.42 Å². The van der Waals surface area contributed by atoms with Crippen molar-refractivity contribution in [2.45, 2.75) is 26.2 Å². The molecule has 1 fully saturated rings. The first-order valence-electron chi connectivity index (χ1n) is 3.55. The quantitative estimate of drug-likeness (QED) is 0.538. The van der Waals surface area contributed by atoms with Gasteiger partial charge in [0.05, 0.1) is 13.2 Å². The zero-order valence-electron chi connectivity index (χ0n) is 5.85. The number of hydrogen-bond donors (Lipinski definition) is 0. The van der Waals surface area contributed by atoms with E-state index in [0.29, 0.717) is 0 Å². The molecule has 1 aliphatic rings. The number of rotatable bonds is 4. The smallest absolute Gasteiger partial charge is 0.226 e. The van der Waals surface area contributed by atoms with E-state index in [-0.39, 0.29) is 0 Å². The summed E-state index contributed by atoms with van der Waals surface area (Å²) in [6.45, 7) is 3.82. The van der Waals surface area contributed by atoms with E-state index in [1.807, 2.05) is 0 Å². The SMILES string of the molecule is CCCCO[C]1CCO1. The van der Waals surface area contributed by atoms with Crippen LogP contribution in [0.1, 0.15) is 26.2 Å². The van der Waals surface area contributed by atoms with E-state index in [9.17, 15) is 0 Å². The average molecular weight is 129 g/mol. The molecule has 0 atom stereocenters. The van der Waals surface area contributed by atoms with E-state index in [1.165, 1.54) is 6.42 Å². The van der Waals surface area contributed by atoms with E-state index >= 15 is 0 Å². The molecule has 0 aromatic rings. The second-order valence-electron chi connectivity index (χ2n) is 2.17. The molecule has 0 saturated carbocycles. The lowest BCUT2D eigenvalue weighted by molar-refractivity contribution is -0.118. The maximum atomic E-state index is 5.21. The molecule has 0 amide bonds. The van der Waals surface area contributed by atoms with E-state index in [0.717, 1.165) is 32.3 Å². The minimum Gasteiger partial charge on any atom is -0.345 e. The fraction of sp³-hybridized carbons (Fsp3) is 0.857.